The molecule has 2 nitrogen and oxygen atoms in total. The molecule has 0 saturated heterocycles. The number of fused-ring (bicyclic) bond motifs is 3. The minimum atomic E-state index is 0.938. The normalized spacial score (nSPS) is 11.9. The largest absolute Gasteiger partial charge is 0.256 e. The molecule has 0 unspecified atom stereocenters. The smallest absolute Gasteiger partial charge is 0.0709 e. The zero-order valence-corrected chi connectivity index (χ0v) is 18.6. The van der Waals surface area contributed by atoms with Gasteiger partial charge in [0.1, 0.15) is 0 Å². The summed E-state index contributed by atoms with van der Waals surface area (Å²) in [4.78, 5) is 9.66. The zero-order chi connectivity index (χ0) is 22.7. The van der Waals surface area contributed by atoms with Gasteiger partial charge < -0.3 is 0 Å². The fourth-order valence-electron chi connectivity index (χ4n) is 4.37. The van der Waals surface area contributed by atoms with Crippen LogP contribution in [0.1, 0.15) is 11.1 Å². The molecule has 0 spiro atoms. The van der Waals surface area contributed by atoms with Crippen LogP contribution in [0.2, 0.25) is 0 Å². The average Bonchev–Trinajstić information content (AvgIpc) is 2.90. The Morgan fingerprint density at radius 2 is 0.824 bits per heavy atom. The Morgan fingerprint density at radius 3 is 1.29 bits per heavy atom. The lowest BCUT2D eigenvalue weighted by Crippen LogP contribution is -1.83. The van der Waals surface area contributed by atoms with Crippen LogP contribution in [0, 0.1) is 0 Å². The topological polar surface area (TPSA) is 24.7 Å². The lowest BCUT2D eigenvalue weighted by atomic mass is 10.1. The van der Waals surface area contributed by atoms with Crippen LogP contribution in [0.15, 0.2) is 131 Å². The predicted octanol–water partition coefficient (Wildman–Crippen LogP) is 8.65. The Kier molecular flexibility index (Phi) is 5.17. The molecule has 0 N–H and O–H groups in total. The molecule has 0 amide bonds. The first-order valence-electron chi connectivity index (χ1n) is 11.4. The highest BCUT2D eigenvalue weighted by atomic mass is 14.7. The number of hydrogen-bond donors (Lipinski definition) is 0. The fourth-order valence-corrected chi connectivity index (χ4v) is 4.37. The Balaban J connectivity index is 1.34. The van der Waals surface area contributed by atoms with Gasteiger partial charge in [-0.3, -0.25) is 9.98 Å². The number of benzene rings is 6. The number of aliphatic imine (C=N–C) groups is 2. The molecular formula is C32H22N2. The van der Waals surface area contributed by atoms with Crippen LogP contribution in [0.25, 0.3) is 32.3 Å². The van der Waals surface area contributed by atoms with Crippen LogP contribution in [-0.2, 0) is 0 Å². The summed E-state index contributed by atoms with van der Waals surface area (Å²) in [7, 11) is 0. The van der Waals surface area contributed by atoms with E-state index < -0.39 is 0 Å². The summed E-state index contributed by atoms with van der Waals surface area (Å²) < 4.78 is 0. The zero-order valence-electron chi connectivity index (χ0n) is 18.6. The van der Waals surface area contributed by atoms with E-state index in [4.69, 9.17) is 9.98 Å². The highest BCUT2D eigenvalue weighted by Crippen LogP contribution is 2.32. The first-order chi connectivity index (χ1) is 16.8. The fraction of sp³-hybridized carbons (Fsp3) is 0. The van der Waals surface area contributed by atoms with E-state index >= 15 is 0 Å². The molecule has 0 heterocycles. The SMILES string of the molecule is C(=Nc1cccc2c(N=Cc3ccc4ccccc4c3)cccc12)c1ccc2ccccc2c1. The summed E-state index contributed by atoms with van der Waals surface area (Å²) in [5.41, 5.74) is 4.05. The van der Waals surface area contributed by atoms with Crippen molar-refractivity contribution in [2.45, 2.75) is 0 Å². The van der Waals surface area contributed by atoms with Gasteiger partial charge in [0.15, 0.2) is 0 Å². The van der Waals surface area contributed by atoms with Crippen molar-refractivity contribution in [2.75, 3.05) is 0 Å². The molecule has 0 bridgehead atoms. The van der Waals surface area contributed by atoms with Crippen molar-refractivity contribution in [2.24, 2.45) is 9.98 Å². The maximum absolute atomic E-state index is 4.83. The van der Waals surface area contributed by atoms with Gasteiger partial charge in [-0.1, -0.05) is 97.1 Å². The van der Waals surface area contributed by atoms with Gasteiger partial charge in [0.2, 0.25) is 0 Å². The van der Waals surface area contributed by atoms with Gasteiger partial charge >= 0.3 is 0 Å². The lowest BCUT2D eigenvalue weighted by molar-refractivity contribution is 1.54. The summed E-state index contributed by atoms with van der Waals surface area (Å²) in [6.45, 7) is 0. The van der Waals surface area contributed by atoms with Gasteiger partial charge in [-0.05, 0) is 56.9 Å². The molecule has 6 aromatic rings. The van der Waals surface area contributed by atoms with Crippen molar-refractivity contribution in [3.05, 3.63) is 132 Å². The maximum atomic E-state index is 4.83. The van der Waals surface area contributed by atoms with Crippen molar-refractivity contribution in [3.63, 3.8) is 0 Å². The summed E-state index contributed by atoms with van der Waals surface area (Å²) in [5, 5.41) is 7.09. The van der Waals surface area contributed by atoms with Crippen molar-refractivity contribution >= 4 is 56.1 Å². The standard InChI is InChI=1S/C32H22N2/c1-3-9-27-19-23(15-17-25(27)7-1)21-33-31-13-5-12-30-29(31)11-6-14-32(30)34-22-24-16-18-26-8-2-4-10-28(26)20-24/h1-22H. The molecule has 0 saturated carbocycles. The summed E-state index contributed by atoms with van der Waals surface area (Å²) in [5.74, 6) is 0. The molecule has 160 valence electrons. The molecule has 6 aromatic carbocycles. The highest BCUT2D eigenvalue weighted by molar-refractivity contribution is 6.03. The first kappa shape index (κ1) is 20.1. The van der Waals surface area contributed by atoms with Gasteiger partial charge in [0.05, 0.1) is 11.4 Å². The van der Waals surface area contributed by atoms with Gasteiger partial charge in [0, 0.05) is 23.2 Å². The summed E-state index contributed by atoms with van der Waals surface area (Å²) >= 11 is 0. The second-order valence-electron chi connectivity index (χ2n) is 8.38. The van der Waals surface area contributed by atoms with E-state index in [1.54, 1.807) is 0 Å². The third-order valence-corrected chi connectivity index (χ3v) is 6.13. The van der Waals surface area contributed by atoms with E-state index in [-0.39, 0.29) is 0 Å². The Labute approximate surface area is 198 Å². The molecule has 0 aromatic heterocycles. The third-order valence-electron chi connectivity index (χ3n) is 6.13. The Hall–Kier alpha value is -4.56. The quantitative estimate of drug-likeness (QED) is 0.248. The summed E-state index contributed by atoms with van der Waals surface area (Å²) in [6.07, 6.45) is 3.87. The van der Waals surface area contributed by atoms with Gasteiger partial charge in [-0.25, -0.2) is 0 Å². The van der Waals surface area contributed by atoms with E-state index in [0.717, 1.165) is 33.3 Å². The minimum absolute atomic E-state index is 0.938. The van der Waals surface area contributed by atoms with Crippen LogP contribution < -0.4 is 0 Å². The van der Waals surface area contributed by atoms with Crippen LogP contribution in [-0.4, -0.2) is 12.4 Å². The van der Waals surface area contributed by atoms with Crippen molar-refractivity contribution < 1.29 is 0 Å². The van der Waals surface area contributed by atoms with Gasteiger partial charge in [-0.2, -0.15) is 0 Å². The van der Waals surface area contributed by atoms with Gasteiger partial charge in [-0.15, -0.1) is 0 Å². The molecule has 6 rings (SSSR count). The van der Waals surface area contributed by atoms with E-state index in [9.17, 15) is 0 Å². The van der Waals surface area contributed by atoms with E-state index in [1.165, 1.54) is 21.5 Å². The average molecular weight is 435 g/mol. The van der Waals surface area contributed by atoms with Crippen molar-refractivity contribution in [1.82, 2.24) is 0 Å². The third kappa shape index (κ3) is 3.98. The predicted molar refractivity (Wildman–Crippen MR) is 146 cm³/mol. The number of nitrogens with zero attached hydrogens (tertiary/aromatic N) is 2. The maximum Gasteiger partial charge on any atom is 0.0709 e. The molecule has 0 radical (unpaired) electrons. The number of rotatable bonds is 4. The second kappa shape index (κ2) is 8.76. The molecule has 0 atom stereocenters. The van der Waals surface area contributed by atoms with Crippen molar-refractivity contribution in [3.8, 4) is 0 Å². The van der Waals surface area contributed by atoms with Crippen LogP contribution in [0.5, 0.6) is 0 Å². The number of hydrogen-bond acceptors (Lipinski definition) is 2. The molecule has 2 heteroatoms. The van der Waals surface area contributed by atoms with E-state index in [1.807, 2.05) is 24.6 Å². The molecule has 0 aliphatic carbocycles. The second-order valence-corrected chi connectivity index (χ2v) is 8.38. The monoisotopic (exact) mass is 434 g/mol. The summed E-state index contributed by atoms with van der Waals surface area (Å²) in [6, 6.07) is 42.0. The van der Waals surface area contributed by atoms with Gasteiger partial charge in [0.25, 0.3) is 0 Å². The van der Waals surface area contributed by atoms with E-state index in [0.29, 0.717) is 0 Å². The first-order valence-corrected chi connectivity index (χ1v) is 11.4. The van der Waals surface area contributed by atoms with E-state index in [2.05, 4.69) is 109 Å². The van der Waals surface area contributed by atoms with Crippen molar-refractivity contribution in [1.29, 1.82) is 0 Å². The van der Waals surface area contributed by atoms with Crippen LogP contribution in [0.3, 0.4) is 0 Å². The molecule has 0 fully saturated rings. The Bertz CT molecular complexity index is 1580. The Morgan fingerprint density at radius 1 is 0.382 bits per heavy atom. The molecular weight excluding hydrogens is 412 g/mol. The minimum Gasteiger partial charge on any atom is -0.256 e. The molecule has 0 aliphatic heterocycles. The highest BCUT2D eigenvalue weighted by Gasteiger charge is 2.04. The lowest BCUT2D eigenvalue weighted by Gasteiger charge is -2.05. The van der Waals surface area contributed by atoms with Crippen LogP contribution >= 0.6 is 0 Å². The molecule has 0 aliphatic rings. The molecule has 34 heavy (non-hydrogen) atoms. The van der Waals surface area contributed by atoms with Crippen LogP contribution in [0.4, 0.5) is 11.4 Å².